The Morgan fingerprint density at radius 3 is 2.68 bits per heavy atom. The van der Waals surface area contributed by atoms with Crippen LogP contribution in [0.5, 0.6) is 0 Å². The lowest BCUT2D eigenvalue weighted by molar-refractivity contribution is -0.152. The van der Waals surface area contributed by atoms with Crippen LogP contribution in [0.25, 0.3) is 0 Å². The van der Waals surface area contributed by atoms with Crippen LogP contribution >= 0.6 is 11.8 Å². The van der Waals surface area contributed by atoms with Crippen molar-refractivity contribution in [3.8, 4) is 0 Å². The summed E-state index contributed by atoms with van der Waals surface area (Å²) in [4.78, 5) is 24.1. The minimum Gasteiger partial charge on any atom is -0.452 e. The molecule has 0 saturated heterocycles. The number of likely N-dealkylation sites (N-methyl/N-ethyl adjacent to an activating group) is 1. The summed E-state index contributed by atoms with van der Waals surface area (Å²) in [6.07, 6.45) is -0.745. The molecule has 0 aliphatic carbocycles. The van der Waals surface area contributed by atoms with E-state index in [1.54, 1.807) is 6.92 Å². The van der Waals surface area contributed by atoms with E-state index in [0.29, 0.717) is 6.54 Å². The number of carbonyl (C=O) groups excluding carboxylic acids is 2. The molecule has 0 aromatic heterocycles. The van der Waals surface area contributed by atoms with Crippen LogP contribution in [-0.2, 0) is 14.3 Å². The molecule has 19 heavy (non-hydrogen) atoms. The zero-order valence-electron chi connectivity index (χ0n) is 11.4. The van der Waals surface area contributed by atoms with E-state index >= 15 is 0 Å². The summed E-state index contributed by atoms with van der Waals surface area (Å²) < 4.78 is 5.05. The number of thioether (sulfide) groups is 1. The van der Waals surface area contributed by atoms with Gasteiger partial charge in [-0.1, -0.05) is 18.2 Å². The predicted molar refractivity (Wildman–Crippen MR) is 76.1 cm³/mol. The molecule has 0 heterocycles. The summed E-state index contributed by atoms with van der Waals surface area (Å²) in [6.45, 7) is 5.91. The van der Waals surface area contributed by atoms with Crippen LogP contribution in [0, 0.1) is 6.92 Å². The molecule has 1 aromatic rings. The lowest BCUT2D eigenvalue weighted by Crippen LogP contribution is -2.35. The number of amides is 1. The van der Waals surface area contributed by atoms with Gasteiger partial charge < -0.3 is 10.1 Å². The summed E-state index contributed by atoms with van der Waals surface area (Å²) in [5.41, 5.74) is 1.12. The van der Waals surface area contributed by atoms with E-state index in [9.17, 15) is 9.59 Å². The number of rotatable bonds is 6. The van der Waals surface area contributed by atoms with Crippen LogP contribution in [0.4, 0.5) is 0 Å². The number of ether oxygens (including phenoxy) is 1. The Balaban J connectivity index is 2.40. The molecule has 0 aliphatic rings. The van der Waals surface area contributed by atoms with Crippen molar-refractivity contribution in [3.05, 3.63) is 29.8 Å². The lowest BCUT2D eigenvalue weighted by atomic mass is 10.2. The van der Waals surface area contributed by atoms with Crippen LogP contribution in [0.15, 0.2) is 29.2 Å². The maximum atomic E-state index is 11.6. The first-order chi connectivity index (χ1) is 9.04. The van der Waals surface area contributed by atoms with Gasteiger partial charge >= 0.3 is 5.97 Å². The zero-order chi connectivity index (χ0) is 14.3. The number of esters is 1. The van der Waals surface area contributed by atoms with Crippen molar-refractivity contribution < 1.29 is 14.3 Å². The Hall–Kier alpha value is -1.49. The Bertz CT molecular complexity index is 448. The van der Waals surface area contributed by atoms with E-state index in [2.05, 4.69) is 5.32 Å². The van der Waals surface area contributed by atoms with Gasteiger partial charge in [-0.25, -0.2) is 0 Å². The van der Waals surface area contributed by atoms with Crippen LogP contribution < -0.4 is 5.32 Å². The largest absolute Gasteiger partial charge is 0.452 e. The Kier molecular flexibility index (Phi) is 6.42. The normalized spacial score (nSPS) is 11.7. The number of nitrogens with one attached hydrogen (secondary N) is 1. The third-order valence-electron chi connectivity index (χ3n) is 2.47. The van der Waals surface area contributed by atoms with E-state index in [-0.39, 0.29) is 17.6 Å². The Labute approximate surface area is 117 Å². The Morgan fingerprint density at radius 1 is 1.37 bits per heavy atom. The van der Waals surface area contributed by atoms with Crippen molar-refractivity contribution in [2.75, 3.05) is 12.3 Å². The van der Waals surface area contributed by atoms with Crippen molar-refractivity contribution in [1.82, 2.24) is 5.32 Å². The summed E-state index contributed by atoms with van der Waals surface area (Å²) >= 11 is 1.42. The average molecular weight is 281 g/mol. The smallest absolute Gasteiger partial charge is 0.317 e. The first kappa shape index (κ1) is 15.6. The third-order valence-corrected chi connectivity index (χ3v) is 3.62. The maximum Gasteiger partial charge on any atom is 0.317 e. The minimum absolute atomic E-state index is 0.203. The third kappa shape index (κ3) is 5.34. The number of aryl methyl sites for hydroxylation is 1. The fourth-order valence-electron chi connectivity index (χ4n) is 1.46. The van der Waals surface area contributed by atoms with Gasteiger partial charge in [-0.3, -0.25) is 9.59 Å². The first-order valence-corrected chi connectivity index (χ1v) is 7.18. The van der Waals surface area contributed by atoms with E-state index in [1.165, 1.54) is 11.8 Å². The topological polar surface area (TPSA) is 55.4 Å². The molecule has 0 spiro atoms. The summed E-state index contributed by atoms with van der Waals surface area (Å²) in [7, 11) is 0. The molecule has 4 nitrogen and oxygen atoms in total. The van der Waals surface area contributed by atoms with Gasteiger partial charge in [0.15, 0.2) is 6.10 Å². The number of hydrogen-bond donors (Lipinski definition) is 1. The van der Waals surface area contributed by atoms with Gasteiger partial charge in [-0.05, 0) is 32.4 Å². The average Bonchev–Trinajstić information content (AvgIpc) is 2.38. The maximum absolute atomic E-state index is 11.6. The highest BCUT2D eigenvalue weighted by Crippen LogP contribution is 2.21. The van der Waals surface area contributed by atoms with Gasteiger partial charge in [-0.15, -0.1) is 11.8 Å². The van der Waals surface area contributed by atoms with Crippen LogP contribution in [-0.4, -0.2) is 30.3 Å². The molecule has 0 radical (unpaired) electrons. The molecule has 104 valence electrons. The molecule has 1 aromatic carbocycles. The van der Waals surface area contributed by atoms with Gasteiger partial charge in [-0.2, -0.15) is 0 Å². The van der Waals surface area contributed by atoms with Crippen LogP contribution in [0.1, 0.15) is 19.4 Å². The van der Waals surface area contributed by atoms with Gasteiger partial charge in [0.25, 0.3) is 5.91 Å². The van der Waals surface area contributed by atoms with Crippen LogP contribution in [0.2, 0.25) is 0 Å². The van der Waals surface area contributed by atoms with Crippen molar-refractivity contribution in [2.24, 2.45) is 0 Å². The summed E-state index contributed by atoms with van der Waals surface area (Å²) in [5, 5.41) is 2.61. The van der Waals surface area contributed by atoms with E-state index in [1.807, 2.05) is 38.1 Å². The van der Waals surface area contributed by atoms with Gasteiger partial charge in [0, 0.05) is 11.4 Å². The molecule has 1 rings (SSSR count). The second kappa shape index (κ2) is 7.84. The molecular weight excluding hydrogens is 262 g/mol. The highest BCUT2D eigenvalue weighted by Gasteiger charge is 2.16. The molecule has 0 fully saturated rings. The molecule has 0 unspecified atom stereocenters. The molecule has 0 bridgehead atoms. The standard InChI is InChI=1S/C14H19NO3S/c1-4-15-14(17)11(3)18-13(16)9-19-12-8-6-5-7-10(12)2/h5-8,11H,4,9H2,1-3H3,(H,15,17)/t11-/m1/s1. The van der Waals surface area contributed by atoms with Gasteiger partial charge in [0.05, 0.1) is 5.75 Å². The lowest BCUT2D eigenvalue weighted by Gasteiger charge is -2.12. The SMILES string of the molecule is CCNC(=O)[C@@H](C)OC(=O)CSc1ccccc1C. The van der Waals surface area contributed by atoms with Crippen molar-refractivity contribution in [1.29, 1.82) is 0 Å². The number of benzene rings is 1. The van der Waals surface area contributed by atoms with E-state index < -0.39 is 6.10 Å². The fraction of sp³-hybridized carbons (Fsp3) is 0.429. The highest BCUT2D eigenvalue weighted by molar-refractivity contribution is 8.00. The number of hydrogen-bond acceptors (Lipinski definition) is 4. The molecular formula is C14H19NO3S. The van der Waals surface area contributed by atoms with Crippen molar-refractivity contribution in [3.63, 3.8) is 0 Å². The second-order valence-corrected chi connectivity index (χ2v) is 5.10. The monoisotopic (exact) mass is 281 g/mol. The fourth-order valence-corrected chi connectivity index (χ4v) is 2.27. The second-order valence-electron chi connectivity index (χ2n) is 4.08. The van der Waals surface area contributed by atoms with Crippen LogP contribution in [0.3, 0.4) is 0 Å². The van der Waals surface area contributed by atoms with E-state index in [4.69, 9.17) is 4.74 Å². The molecule has 0 aliphatic heterocycles. The van der Waals surface area contributed by atoms with Crippen molar-refractivity contribution in [2.45, 2.75) is 31.8 Å². The zero-order valence-corrected chi connectivity index (χ0v) is 12.3. The van der Waals surface area contributed by atoms with Gasteiger partial charge in [0.1, 0.15) is 0 Å². The number of carbonyl (C=O) groups is 2. The van der Waals surface area contributed by atoms with Crippen molar-refractivity contribution >= 4 is 23.6 Å². The first-order valence-electron chi connectivity index (χ1n) is 6.20. The van der Waals surface area contributed by atoms with E-state index in [0.717, 1.165) is 10.5 Å². The predicted octanol–water partition coefficient (Wildman–Crippen LogP) is 2.15. The molecule has 1 atom stereocenters. The summed E-state index contributed by atoms with van der Waals surface area (Å²) in [6, 6.07) is 7.83. The summed E-state index contributed by atoms with van der Waals surface area (Å²) in [5.74, 6) is -0.446. The molecule has 1 N–H and O–H groups in total. The molecule has 0 saturated carbocycles. The quantitative estimate of drug-likeness (QED) is 0.641. The van der Waals surface area contributed by atoms with Gasteiger partial charge in [0.2, 0.25) is 0 Å². The highest BCUT2D eigenvalue weighted by atomic mass is 32.2. The Morgan fingerprint density at radius 2 is 2.05 bits per heavy atom. The molecule has 5 heteroatoms. The minimum atomic E-state index is -0.745. The molecule has 1 amide bonds.